The first-order chi connectivity index (χ1) is 10.2. The number of aliphatic imine (C=N–C) groups is 1. The largest absolute Gasteiger partial charge is 0.289 e. The Morgan fingerprint density at radius 1 is 1.00 bits per heavy atom. The Balaban J connectivity index is 1.71. The van der Waals surface area contributed by atoms with Gasteiger partial charge in [0.05, 0.1) is 10.0 Å². The van der Waals surface area contributed by atoms with Crippen LogP contribution in [0.3, 0.4) is 0 Å². The van der Waals surface area contributed by atoms with Crippen molar-refractivity contribution in [3.8, 4) is 0 Å². The first-order valence-electron chi connectivity index (χ1n) is 7.25. The van der Waals surface area contributed by atoms with Crippen molar-refractivity contribution in [1.29, 1.82) is 0 Å². The van der Waals surface area contributed by atoms with E-state index in [1.807, 2.05) is 18.2 Å². The van der Waals surface area contributed by atoms with E-state index in [4.69, 9.17) is 28.2 Å². The molecule has 1 atom stereocenters. The average Bonchev–Trinajstić information content (AvgIpc) is 2.52. The molecule has 21 heavy (non-hydrogen) atoms. The summed E-state index contributed by atoms with van der Waals surface area (Å²) in [4.78, 5) is 4.69. The van der Waals surface area contributed by atoms with Crippen molar-refractivity contribution in [2.24, 2.45) is 10.9 Å². The highest BCUT2D eigenvalue weighted by Crippen LogP contribution is 2.27. The number of halogens is 2. The molecule has 0 saturated carbocycles. The molecule has 1 heterocycles. The molecule has 1 unspecified atom stereocenters. The molecule has 0 N–H and O–H groups in total. The second kappa shape index (κ2) is 6.64. The molecular weight excluding hydrogens is 301 g/mol. The molecule has 0 aromatic heterocycles. The zero-order chi connectivity index (χ0) is 14.7. The Kier molecular flexibility index (Phi) is 4.62. The Hall–Kier alpha value is -1.31. The van der Waals surface area contributed by atoms with Crippen LogP contribution in [-0.2, 0) is 6.42 Å². The number of rotatable bonds is 3. The molecule has 2 aromatic carbocycles. The fraction of sp³-hybridized carbons (Fsp3) is 0.278. The second-order valence-corrected chi connectivity index (χ2v) is 6.32. The lowest BCUT2D eigenvalue weighted by atomic mass is 9.87. The minimum absolute atomic E-state index is 0.620. The van der Waals surface area contributed by atoms with Gasteiger partial charge >= 0.3 is 0 Å². The average molecular weight is 318 g/mol. The van der Waals surface area contributed by atoms with Crippen molar-refractivity contribution in [2.75, 3.05) is 6.54 Å². The molecule has 108 valence electrons. The molecule has 0 fully saturated rings. The topological polar surface area (TPSA) is 12.4 Å². The standard InChI is InChI=1S/C18H17Cl2N/c19-16-7-6-13(11-17(16)20)10-14-8-9-21-18(12-14)15-4-2-1-3-5-15/h1-7,11,14H,8-10,12H2. The van der Waals surface area contributed by atoms with E-state index in [9.17, 15) is 0 Å². The molecular formula is C18H17Cl2N. The molecule has 3 rings (SSSR count). The van der Waals surface area contributed by atoms with Gasteiger partial charge in [0.25, 0.3) is 0 Å². The second-order valence-electron chi connectivity index (χ2n) is 5.51. The predicted octanol–water partition coefficient (Wildman–Crippen LogP) is 5.44. The lowest BCUT2D eigenvalue weighted by Crippen LogP contribution is -2.18. The summed E-state index contributed by atoms with van der Waals surface area (Å²) in [5, 5.41) is 1.26. The summed E-state index contributed by atoms with van der Waals surface area (Å²) < 4.78 is 0. The summed E-state index contributed by atoms with van der Waals surface area (Å²) in [6.45, 7) is 0.913. The van der Waals surface area contributed by atoms with Crippen LogP contribution in [0.1, 0.15) is 24.0 Å². The van der Waals surface area contributed by atoms with Crippen molar-refractivity contribution >= 4 is 28.9 Å². The highest BCUT2D eigenvalue weighted by Gasteiger charge is 2.18. The van der Waals surface area contributed by atoms with Gasteiger partial charge in [-0.3, -0.25) is 4.99 Å². The van der Waals surface area contributed by atoms with Crippen molar-refractivity contribution in [2.45, 2.75) is 19.3 Å². The van der Waals surface area contributed by atoms with Gasteiger partial charge in [0, 0.05) is 12.3 Å². The summed E-state index contributed by atoms with van der Waals surface area (Å²) in [5.74, 6) is 0.620. The van der Waals surface area contributed by atoms with E-state index in [0.717, 1.165) is 25.8 Å². The molecule has 0 bridgehead atoms. The van der Waals surface area contributed by atoms with Gasteiger partial charge in [-0.1, -0.05) is 59.6 Å². The Morgan fingerprint density at radius 3 is 2.57 bits per heavy atom. The Bertz CT molecular complexity index is 650. The maximum absolute atomic E-state index is 6.10. The van der Waals surface area contributed by atoms with E-state index in [1.165, 1.54) is 16.8 Å². The summed E-state index contributed by atoms with van der Waals surface area (Å²) in [5.41, 5.74) is 3.73. The van der Waals surface area contributed by atoms with E-state index >= 15 is 0 Å². The van der Waals surface area contributed by atoms with E-state index in [2.05, 4.69) is 30.3 Å². The third-order valence-corrected chi connectivity index (χ3v) is 4.68. The van der Waals surface area contributed by atoms with Crippen LogP contribution in [-0.4, -0.2) is 12.3 Å². The van der Waals surface area contributed by atoms with Gasteiger partial charge in [-0.05, 0) is 48.4 Å². The van der Waals surface area contributed by atoms with Gasteiger partial charge in [0.2, 0.25) is 0 Å². The highest BCUT2D eigenvalue weighted by molar-refractivity contribution is 6.42. The van der Waals surface area contributed by atoms with Crippen molar-refractivity contribution in [3.05, 3.63) is 69.7 Å². The van der Waals surface area contributed by atoms with E-state index < -0.39 is 0 Å². The lowest BCUT2D eigenvalue weighted by molar-refractivity contribution is 0.491. The van der Waals surface area contributed by atoms with Gasteiger partial charge in [-0.25, -0.2) is 0 Å². The smallest absolute Gasteiger partial charge is 0.0595 e. The molecule has 2 aromatic rings. The van der Waals surface area contributed by atoms with Gasteiger partial charge < -0.3 is 0 Å². The molecule has 1 nitrogen and oxygen atoms in total. The van der Waals surface area contributed by atoms with Crippen LogP contribution in [0.25, 0.3) is 0 Å². The maximum Gasteiger partial charge on any atom is 0.0595 e. The van der Waals surface area contributed by atoms with Gasteiger partial charge in [-0.2, -0.15) is 0 Å². The zero-order valence-electron chi connectivity index (χ0n) is 11.7. The van der Waals surface area contributed by atoms with E-state index in [-0.39, 0.29) is 0 Å². The monoisotopic (exact) mass is 317 g/mol. The fourth-order valence-corrected chi connectivity index (χ4v) is 3.16. The molecule has 0 amide bonds. The Morgan fingerprint density at radius 2 is 1.81 bits per heavy atom. The maximum atomic E-state index is 6.10. The predicted molar refractivity (Wildman–Crippen MR) is 90.7 cm³/mol. The molecule has 3 heteroatoms. The minimum Gasteiger partial charge on any atom is -0.289 e. The van der Waals surface area contributed by atoms with Crippen LogP contribution in [0.5, 0.6) is 0 Å². The lowest BCUT2D eigenvalue weighted by Gasteiger charge is -2.22. The van der Waals surface area contributed by atoms with Crippen molar-refractivity contribution in [3.63, 3.8) is 0 Å². The third kappa shape index (κ3) is 3.66. The highest BCUT2D eigenvalue weighted by atomic mass is 35.5. The first kappa shape index (κ1) is 14.6. The minimum atomic E-state index is 0.620. The van der Waals surface area contributed by atoms with E-state index in [0.29, 0.717) is 16.0 Å². The van der Waals surface area contributed by atoms with Crippen LogP contribution >= 0.6 is 23.2 Å². The van der Waals surface area contributed by atoms with Gasteiger partial charge in [-0.15, -0.1) is 0 Å². The van der Waals surface area contributed by atoms with Crippen LogP contribution < -0.4 is 0 Å². The quantitative estimate of drug-likeness (QED) is 0.715. The first-order valence-corrected chi connectivity index (χ1v) is 8.00. The number of hydrogen-bond donors (Lipinski definition) is 0. The molecule has 1 aliphatic heterocycles. The van der Waals surface area contributed by atoms with Gasteiger partial charge in [0.1, 0.15) is 0 Å². The normalized spacial score (nSPS) is 18.4. The molecule has 1 aliphatic rings. The Labute approximate surface area is 135 Å². The number of nitrogens with zero attached hydrogens (tertiary/aromatic N) is 1. The zero-order valence-corrected chi connectivity index (χ0v) is 13.2. The molecule has 0 aliphatic carbocycles. The van der Waals surface area contributed by atoms with E-state index in [1.54, 1.807) is 0 Å². The summed E-state index contributed by atoms with van der Waals surface area (Å²) in [6, 6.07) is 16.4. The molecule has 0 radical (unpaired) electrons. The van der Waals surface area contributed by atoms with Crippen LogP contribution in [0, 0.1) is 5.92 Å². The fourth-order valence-electron chi connectivity index (χ4n) is 2.84. The van der Waals surface area contributed by atoms with Crippen molar-refractivity contribution in [1.82, 2.24) is 0 Å². The third-order valence-electron chi connectivity index (χ3n) is 3.94. The SMILES string of the molecule is Clc1ccc(CC2CCN=C(c3ccccc3)C2)cc1Cl. The van der Waals surface area contributed by atoms with Crippen LogP contribution in [0.15, 0.2) is 53.5 Å². The summed E-state index contributed by atoms with van der Waals surface area (Å²) >= 11 is 12.1. The van der Waals surface area contributed by atoms with Crippen molar-refractivity contribution < 1.29 is 0 Å². The number of benzene rings is 2. The number of hydrogen-bond acceptors (Lipinski definition) is 1. The van der Waals surface area contributed by atoms with Crippen LogP contribution in [0.2, 0.25) is 10.0 Å². The van der Waals surface area contributed by atoms with Gasteiger partial charge in [0.15, 0.2) is 0 Å². The molecule has 0 saturated heterocycles. The van der Waals surface area contributed by atoms with Crippen LogP contribution in [0.4, 0.5) is 0 Å². The summed E-state index contributed by atoms with van der Waals surface area (Å²) in [6.07, 6.45) is 3.20. The summed E-state index contributed by atoms with van der Waals surface area (Å²) in [7, 11) is 0. The molecule has 0 spiro atoms.